The molecule has 1 aliphatic rings. The standard InChI is InChI=1S/C34H38N6O5/c1-43-20-29-28(44-2)19-31(45-29)40-33-32(34(42)38-21-37-33)25(35)14-9-10-18-36-30(41)17-8-5-11-22-23-12-3-6-15-26(23)39-27-16-7-4-13-24(22)27/h3-4,6-7,12-13,15-16,21,28-29,31,35H,5,8,10-11,17-20H2,1-2H3,(H,36,41)(H2,37,38,40,42)/t28?,29-,31-/m1/s1. The Bertz CT molecular complexity index is 1720. The molecule has 45 heavy (non-hydrogen) atoms. The van der Waals surface area contributed by atoms with Crippen molar-refractivity contribution in [2.45, 2.75) is 57.0 Å². The summed E-state index contributed by atoms with van der Waals surface area (Å²) in [6.07, 6.45) is 4.13. The van der Waals surface area contributed by atoms with Gasteiger partial charge in [0.15, 0.2) is 0 Å². The number of hydrogen-bond donors (Lipinski definition) is 4. The van der Waals surface area contributed by atoms with Gasteiger partial charge in [-0.25, -0.2) is 9.97 Å². The molecule has 1 amide bonds. The maximum absolute atomic E-state index is 12.6. The lowest BCUT2D eigenvalue weighted by Crippen LogP contribution is -2.28. The summed E-state index contributed by atoms with van der Waals surface area (Å²) in [5.41, 5.74) is 2.60. The monoisotopic (exact) mass is 610 g/mol. The highest BCUT2D eigenvalue weighted by Gasteiger charge is 2.36. The van der Waals surface area contributed by atoms with E-state index in [1.807, 2.05) is 36.4 Å². The van der Waals surface area contributed by atoms with E-state index in [1.165, 1.54) is 11.9 Å². The van der Waals surface area contributed by atoms with Gasteiger partial charge in [0, 0.05) is 50.8 Å². The number of H-pyrrole nitrogens is 1. The maximum Gasteiger partial charge on any atom is 0.262 e. The first kappa shape index (κ1) is 31.8. The highest BCUT2D eigenvalue weighted by Crippen LogP contribution is 2.28. The number of ether oxygens (including phenoxy) is 3. The average molecular weight is 611 g/mol. The molecular weight excluding hydrogens is 572 g/mol. The van der Waals surface area contributed by atoms with Gasteiger partial charge in [0.05, 0.1) is 30.1 Å². The first-order valence-corrected chi connectivity index (χ1v) is 15.1. The van der Waals surface area contributed by atoms with Gasteiger partial charge in [-0.05, 0) is 42.9 Å². The van der Waals surface area contributed by atoms with Crippen molar-refractivity contribution in [3.05, 3.63) is 76.3 Å². The lowest BCUT2D eigenvalue weighted by atomic mass is 9.97. The van der Waals surface area contributed by atoms with E-state index in [2.05, 4.69) is 44.6 Å². The van der Waals surface area contributed by atoms with Gasteiger partial charge in [-0.3, -0.25) is 15.0 Å². The number of aromatic amines is 1. The SMILES string of the molecule is COC[C@H]1O[C@@H](Nc2nc[nH]c(=O)c2C(=N)C#CCCNC(=O)CCCCc2c3ccccc3nc3ccccc23)CC1OC. The summed E-state index contributed by atoms with van der Waals surface area (Å²) < 4.78 is 16.6. The number of unbranched alkanes of at least 4 members (excludes halogenated alkanes) is 1. The molecule has 0 spiro atoms. The Morgan fingerprint density at radius 3 is 2.56 bits per heavy atom. The summed E-state index contributed by atoms with van der Waals surface area (Å²) in [7, 11) is 3.20. The number of rotatable bonds is 13. The van der Waals surface area contributed by atoms with Gasteiger partial charge in [0.1, 0.15) is 29.4 Å². The molecular formula is C34H38N6O5. The van der Waals surface area contributed by atoms with Crippen molar-refractivity contribution in [2.75, 3.05) is 32.7 Å². The van der Waals surface area contributed by atoms with Crippen LogP contribution in [-0.4, -0.2) is 72.4 Å². The number of aromatic nitrogens is 3. The van der Waals surface area contributed by atoms with Crippen LogP contribution in [-0.2, 0) is 25.4 Å². The van der Waals surface area contributed by atoms with Gasteiger partial charge >= 0.3 is 0 Å². The summed E-state index contributed by atoms with van der Waals surface area (Å²) in [6, 6.07) is 16.4. The van der Waals surface area contributed by atoms with Gasteiger partial charge in [0.2, 0.25) is 5.91 Å². The zero-order valence-corrected chi connectivity index (χ0v) is 25.5. The molecule has 1 unspecified atom stereocenters. The number of nitrogens with zero attached hydrogens (tertiary/aromatic N) is 2. The molecule has 2 aromatic carbocycles. The average Bonchev–Trinajstić information content (AvgIpc) is 3.43. The number of methoxy groups -OCH3 is 2. The normalized spacial score (nSPS) is 17.6. The Hall–Kier alpha value is -4.63. The van der Waals surface area contributed by atoms with E-state index in [0.29, 0.717) is 32.4 Å². The van der Waals surface area contributed by atoms with Crippen LogP contribution in [0.1, 0.15) is 43.2 Å². The van der Waals surface area contributed by atoms with E-state index in [1.54, 1.807) is 14.2 Å². The number of nitrogens with one attached hydrogen (secondary N) is 4. The second-order valence-corrected chi connectivity index (χ2v) is 10.8. The minimum absolute atomic E-state index is 0.0246. The zero-order chi connectivity index (χ0) is 31.6. The number of carbonyl (C=O) groups is 1. The van der Waals surface area contributed by atoms with Crippen LogP contribution in [0, 0.1) is 17.3 Å². The van der Waals surface area contributed by atoms with Gasteiger partial charge < -0.3 is 29.8 Å². The zero-order valence-electron chi connectivity index (χ0n) is 25.5. The number of aryl methyl sites for hydroxylation is 1. The predicted octanol–water partition coefficient (Wildman–Crippen LogP) is 3.95. The number of hydrogen-bond acceptors (Lipinski definition) is 9. The quantitative estimate of drug-likeness (QED) is 0.0769. The van der Waals surface area contributed by atoms with Crippen LogP contribution in [0.5, 0.6) is 0 Å². The maximum atomic E-state index is 12.6. The summed E-state index contributed by atoms with van der Waals surface area (Å²) in [5.74, 6) is 5.77. The highest BCUT2D eigenvalue weighted by molar-refractivity contribution is 6.13. The second-order valence-electron chi connectivity index (χ2n) is 10.8. The molecule has 1 fully saturated rings. The molecule has 4 aromatic rings. The molecule has 1 aliphatic heterocycles. The third-order valence-corrected chi connectivity index (χ3v) is 7.80. The summed E-state index contributed by atoms with van der Waals surface area (Å²) in [5, 5.41) is 16.7. The van der Waals surface area contributed by atoms with E-state index in [-0.39, 0.29) is 35.2 Å². The van der Waals surface area contributed by atoms with Gasteiger partial charge in [-0.2, -0.15) is 0 Å². The number of pyridine rings is 1. The molecule has 0 saturated carbocycles. The van der Waals surface area contributed by atoms with Crippen molar-refractivity contribution in [1.82, 2.24) is 20.3 Å². The molecule has 1 saturated heterocycles. The number of amides is 1. The number of anilines is 1. The van der Waals surface area contributed by atoms with E-state index in [4.69, 9.17) is 24.6 Å². The molecule has 3 heterocycles. The number of fused-ring (bicyclic) bond motifs is 2. The fraction of sp³-hybridized carbons (Fsp3) is 0.382. The van der Waals surface area contributed by atoms with Crippen LogP contribution in [0.4, 0.5) is 5.82 Å². The molecule has 0 aliphatic carbocycles. The van der Waals surface area contributed by atoms with Crippen LogP contribution in [0.15, 0.2) is 59.7 Å². The van der Waals surface area contributed by atoms with Crippen LogP contribution in [0.2, 0.25) is 0 Å². The topological polar surface area (TPSA) is 151 Å². The Kier molecular flexibility index (Phi) is 10.9. The van der Waals surface area contributed by atoms with Crippen molar-refractivity contribution in [3.8, 4) is 11.8 Å². The van der Waals surface area contributed by atoms with Crippen molar-refractivity contribution >= 4 is 39.2 Å². The Balaban J connectivity index is 1.08. The Labute approximate surface area is 261 Å². The van der Waals surface area contributed by atoms with Crippen molar-refractivity contribution in [3.63, 3.8) is 0 Å². The molecule has 234 valence electrons. The third-order valence-electron chi connectivity index (χ3n) is 7.80. The van der Waals surface area contributed by atoms with Gasteiger partial charge in [-0.1, -0.05) is 42.3 Å². The fourth-order valence-electron chi connectivity index (χ4n) is 5.61. The molecule has 5 rings (SSSR count). The minimum atomic E-state index is -0.484. The summed E-state index contributed by atoms with van der Waals surface area (Å²) in [4.78, 5) is 36.5. The predicted molar refractivity (Wildman–Crippen MR) is 173 cm³/mol. The number of para-hydroxylation sites is 2. The van der Waals surface area contributed by atoms with Gasteiger partial charge in [0.25, 0.3) is 5.56 Å². The molecule has 3 atom stereocenters. The molecule has 0 radical (unpaired) electrons. The van der Waals surface area contributed by atoms with E-state index < -0.39 is 11.8 Å². The van der Waals surface area contributed by atoms with Crippen molar-refractivity contribution in [2.24, 2.45) is 0 Å². The largest absolute Gasteiger partial charge is 0.382 e. The summed E-state index contributed by atoms with van der Waals surface area (Å²) in [6.45, 7) is 0.715. The first-order chi connectivity index (χ1) is 22.0. The summed E-state index contributed by atoms with van der Waals surface area (Å²) >= 11 is 0. The molecule has 11 nitrogen and oxygen atoms in total. The highest BCUT2D eigenvalue weighted by atomic mass is 16.6. The fourth-order valence-corrected chi connectivity index (χ4v) is 5.61. The van der Waals surface area contributed by atoms with Gasteiger partial charge in [-0.15, -0.1) is 0 Å². The van der Waals surface area contributed by atoms with Crippen molar-refractivity contribution < 1.29 is 19.0 Å². The van der Waals surface area contributed by atoms with Crippen LogP contribution >= 0.6 is 0 Å². The molecule has 0 bridgehead atoms. The third kappa shape index (κ3) is 7.91. The lowest BCUT2D eigenvalue weighted by molar-refractivity contribution is -0.121. The van der Waals surface area contributed by atoms with E-state index in [9.17, 15) is 9.59 Å². The van der Waals surface area contributed by atoms with Crippen LogP contribution in [0.3, 0.4) is 0 Å². The minimum Gasteiger partial charge on any atom is -0.382 e. The van der Waals surface area contributed by atoms with Crippen molar-refractivity contribution in [1.29, 1.82) is 5.41 Å². The Morgan fingerprint density at radius 2 is 1.84 bits per heavy atom. The van der Waals surface area contributed by atoms with E-state index >= 15 is 0 Å². The smallest absolute Gasteiger partial charge is 0.262 e. The van der Waals surface area contributed by atoms with Crippen LogP contribution in [0.25, 0.3) is 21.8 Å². The molecule has 11 heteroatoms. The number of carbonyl (C=O) groups excluding carboxylic acids is 1. The van der Waals surface area contributed by atoms with Crippen LogP contribution < -0.4 is 16.2 Å². The number of benzene rings is 2. The Morgan fingerprint density at radius 1 is 1.11 bits per heavy atom. The molecule has 4 N–H and O–H groups in total. The molecule has 2 aromatic heterocycles. The van der Waals surface area contributed by atoms with E-state index in [0.717, 1.165) is 41.1 Å². The first-order valence-electron chi connectivity index (χ1n) is 15.1. The second kappa shape index (κ2) is 15.4. The lowest BCUT2D eigenvalue weighted by Gasteiger charge is -2.16.